The van der Waals surface area contributed by atoms with Crippen molar-refractivity contribution in [2.75, 3.05) is 25.3 Å². The molecule has 1 amide bonds. The van der Waals surface area contributed by atoms with Gasteiger partial charge in [0.2, 0.25) is 5.91 Å². The molecule has 3 aliphatic rings. The molecule has 1 saturated carbocycles. The Morgan fingerprint density at radius 2 is 2.00 bits per heavy atom. The molecule has 6 rings (SSSR count). The number of ether oxygens (including phenoxy) is 2. The van der Waals surface area contributed by atoms with Gasteiger partial charge in [0.1, 0.15) is 22.6 Å². The summed E-state index contributed by atoms with van der Waals surface area (Å²) in [7, 11) is -1.31. The summed E-state index contributed by atoms with van der Waals surface area (Å²) in [5.74, 6) is 1.24. The predicted molar refractivity (Wildman–Crippen MR) is 147 cm³/mol. The molecule has 0 bridgehead atoms. The number of nitrogens with one attached hydrogen (secondary N) is 1. The van der Waals surface area contributed by atoms with Crippen LogP contribution in [-0.2, 0) is 32.5 Å². The first-order valence-electron chi connectivity index (χ1n) is 12.6. The lowest BCUT2D eigenvalue weighted by Crippen LogP contribution is -2.33. The molecular formula is C28H35N3O6S. The van der Waals surface area contributed by atoms with E-state index < -0.39 is 16.4 Å². The van der Waals surface area contributed by atoms with E-state index in [0.717, 1.165) is 60.4 Å². The minimum atomic E-state index is -1.31. The summed E-state index contributed by atoms with van der Waals surface area (Å²) in [5.41, 5.74) is 2.96. The topological polar surface area (TPSA) is 132 Å². The van der Waals surface area contributed by atoms with Gasteiger partial charge in [-0.1, -0.05) is 24.3 Å². The van der Waals surface area contributed by atoms with Gasteiger partial charge >= 0.3 is 0 Å². The maximum absolute atomic E-state index is 13.3. The average molecular weight is 542 g/mol. The third-order valence-corrected chi connectivity index (χ3v) is 9.02. The second-order valence-electron chi connectivity index (χ2n) is 9.77. The van der Waals surface area contributed by atoms with E-state index in [0.29, 0.717) is 17.3 Å². The van der Waals surface area contributed by atoms with Gasteiger partial charge in [0.25, 0.3) is 0 Å². The van der Waals surface area contributed by atoms with Crippen molar-refractivity contribution in [1.29, 1.82) is 0 Å². The zero-order chi connectivity index (χ0) is 25.4. The van der Waals surface area contributed by atoms with Crippen molar-refractivity contribution in [3.63, 3.8) is 0 Å². The van der Waals surface area contributed by atoms with Crippen LogP contribution in [0.5, 0.6) is 5.75 Å². The smallest absolute Gasteiger partial charge is 0.236 e. The fraction of sp³-hybridized carbons (Fsp3) is 0.357. The number of hydrogen-bond donors (Lipinski definition) is 2. The van der Waals surface area contributed by atoms with Gasteiger partial charge in [0.15, 0.2) is 6.79 Å². The Bertz CT molecular complexity index is 1360. The lowest BCUT2D eigenvalue weighted by atomic mass is 9.93. The van der Waals surface area contributed by atoms with E-state index in [9.17, 15) is 14.1 Å². The molecule has 0 spiro atoms. The van der Waals surface area contributed by atoms with Gasteiger partial charge in [-0.2, -0.15) is 0 Å². The molecule has 2 atom stereocenters. The summed E-state index contributed by atoms with van der Waals surface area (Å²) in [6.07, 6.45) is 3.37. The molecular weight excluding hydrogens is 506 g/mol. The lowest BCUT2D eigenvalue weighted by Gasteiger charge is -2.21. The number of rotatable bonds is 7. The Hall–Kier alpha value is -3.15. The number of fused-ring (bicyclic) bond motifs is 1. The highest BCUT2D eigenvalue weighted by molar-refractivity contribution is 7.82. The number of nitrogens with zero attached hydrogens (tertiary/aromatic N) is 2. The number of amides is 1. The molecule has 1 saturated heterocycles. The molecule has 3 aromatic rings. The van der Waals surface area contributed by atoms with Crippen LogP contribution in [0.3, 0.4) is 0 Å². The van der Waals surface area contributed by atoms with E-state index in [1.165, 1.54) is 0 Å². The van der Waals surface area contributed by atoms with Crippen LogP contribution in [0, 0.1) is 0 Å². The Balaban J connectivity index is 0.00000147. The van der Waals surface area contributed by atoms with Crippen molar-refractivity contribution in [3.05, 3.63) is 71.8 Å². The summed E-state index contributed by atoms with van der Waals surface area (Å²) >= 11 is 0. The van der Waals surface area contributed by atoms with E-state index in [4.69, 9.17) is 9.47 Å². The second kappa shape index (κ2) is 10.9. The van der Waals surface area contributed by atoms with Crippen LogP contribution in [0.2, 0.25) is 0 Å². The van der Waals surface area contributed by atoms with E-state index in [1.807, 2.05) is 58.9 Å². The molecule has 2 aromatic carbocycles. The zero-order valence-corrected chi connectivity index (χ0v) is 21.7. The number of aliphatic hydroxyl groups is 1. The number of benzene rings is 2. The summed E-state index contributed by atoms with van der Waals surface area (Å²) in [4.78, 5) is 18.7. The lowest BCUT2D eigenvalue weighted by molar-refractivity contribution is -0.118. The molecule has 3 heterocycles. The van der Waals surface area contributed by atoms with Crippen molar-refractivity contribution in [3.8, 4) is 17.0 Å². The van der Waals surface area contributed by atoms with Crippen LogP contribution >= 0.6 is 0 Å². The van der Waals surface area contributed by atoms with Gasteiger partial charge in [-0.05, 0) is 67.6 Å². The Morgan fingerprint density at radius 1 is 1.18 bits per heavy atom. The molecule has 1 aromatic heterocycles. The van der Waals surface area contributed by atoms with Crippen LogP contribution in [0.25, 0.3) is 11.3 Å². The number of hydrogen-bond acceptors (Lipinski definition) is 6. The monoisotopic (exact) mass is 541 g/mol. The van der Waals surface area contributed by atoms with Crippen LogP contribution in [0.1, 0.15) is 39.7 Å². The summed E-state index contributed by atoms with van der Waals surface area (Å²) < 4.78 is 25.8. The molecule has 9 nitrogen and oxygen atoms in total. The SMILES string of the molecule is O.O=C(Nc1cccc(-c2ccc(S(=O)N3CCC[C@@H]3CO)cc2)n1)C1(c2ccc3c(c2)COCO3)CC1.[HH].[HH]. The normalized spacial score (nSPS) is 20.5. The third-order valence-electron chi connectivity index (χ3n) is 7.44. The van der Waals surface area contributed by atoms with Crippen molar-refractivity contribution >= 4 is 22.7 Å². The van der Waals surface area contributed by atoms with Crippen LogP contribution in [-0.4, -0.2) is 56.0 Å². The Labute approximate surface area is 226 Å². The van der Waals surface area contributed by atoms with Crippen molar-refractivity contribution < 1.29 is 31.9 Å². The third kappa shape index (κ3) is 4.97. The fourth-order valence-electron chi connectivity index (χ4n) is 5.15. The molecule has 2 aliphatic heterocycles. The van der Waals surface area contributed by atoms with Gasteiger partial charge in [0, 0.05) is 26.6 Å². The fourth-order valence-corrected chi connectivity index (χ4v) is 6.53. The predicted octanol–water partition coefficient (Wildman–Crippen LogP) is 3.43. The van der Waals surface area contributed by atoms with Crippen molar-refractivity contribution in [1.82, 2.24) is 9.29 Å². The molecule has 38 heavy (non-hydrogen) atoms. The summed E-state index contributed by atoms with van der Waals surface area (Å²) in [6.45, 7) is 1.47. The van der Waals surface area contributed by atoms with E-state index in [-0.39, 0.29) is 33.7 Å². The first-order valence-corrected chi connectivity index (χ1v) is 13.7. The Kier molecular flexibility index (Phi) is 7.60. The van der Waals surface area contributed by atoms with Gasteiger partial charge in [0.05, 0.1) is 29.2 Å². The number of carbonyl (C=O) groups excluding carboxylic acids is 1. The zero-order valence-electron chi connectivity index (χ0n) is 20.9. The molecule has 204 valence electrons. The number of aromatic nitrogens is 1. The number of pyridine rings is 1. The molecule has 1 unspecified atom stereocenters. The molecule has 2 fully saturated rings. The van der Waals surface area contributed by atoms with Crippen LogP contribution < -0.4 is 10.1 Å². The van der Waals surface area contributed by atoms with Gasteiger partial charge in [-0.3, -0.25) is 4.79 Å². The maximum Gasteiger partial charge on any atom is 0.236 e. The molecule has 1 aliphatic carbocycles. The van der Waals surface area contributed by atoms with Gasteiger partial charge in [-0.25, -0.2) is 13.5 Å². The standard InChI is InChI=1S/C28H29N3O5S.H2O.2H2/c32-16-22-3-2-14-31(22)37(34)23-9-6-19(7-10-23)24-4-1-5-26(29-24)30-27(33)28(12-13-28)21-8-11-25-20(15-21)17-35-18-36-25;;;/h1,4-11,15,22,32H,2-3,12-14,16-18H2,(H,29,30,33);1H2;2*1H/t22-,37?;;;/m1.../s1. The van der Waals surface area contributed by atoms with Crippen LogP contribution in [0.15, 0.2) is 65.6 Å². The van der Waals surface area contributed by atoms with Crippen molar-refractivity contribution in [2.45, 2.75) is 48.6 Å². The minimum Gasteiger partial charge on any atom is -0.467 e. The number of aliphatic hydroxyl groups excluding tert-OH is 1. The highest BCUT2D eigenvalue weighted by atomic mass is 32.2. The first kappa shape index (κ1) is 26.5. The summed E-state index contributed by atoms with van der Waals surface area (Å²) in [6, 6.07) is 18.9. The van der Waals surface area contributed by atoms with Gasteiger partial charge < -0.3 is 25.4 Å². The maximum atomic E-state index is 13.3. The number of carbonyl (C=O) groups is 1. The summed E-state index contributed by atoms with van der Waals surface area (Å²) in [5, 5.41) is 12.6. The van der Waals surface area contributed by atoms with E-state index in [1.54, 1.807) is 6.07 Å². The van der Waals surface area contributed by atoms with Crippen molar-refractivity contribution in [2.24, 2.45) is 0 Å². The quantitative estimate of drug-likeness (QED) is 0.471. The minimum absolute atomic E-state index is 0. The first-order chi connectivity index (χ1) is 18.1. The second-order valence-corrected chi connectivity index (χ2v) is 11.2. The highest BCUT2D eigenvalue weighted by Crippen LogP contribution is 2.50. The van der Waals surface area contributed by atoms with Crippen LogP contribution in [0.4, 0.5) is 5.82 Å². The molecule has 4 N–H and O–H groups in total. The molecule has 0 radical (unpaired) electrons. The van der Waals surface area contributed by atoms with E-state index >= 15 is 0 Å². The molecule has 10 heteroatoms. The van der Waals surface area contributed by atoms with E-state index in [2.05, 4.69) is 10.3 Å². The van der Waals surface area contributed by atoms with Gasteiger partial charge in [-0.15, -0.1) is 0 Å². The Morgan fingerprint density at radius 3 is 2.76 bits per heavy atom. The highest BCUT2D eigenvalue weighted by Gasteiger charge is 2.51. The largest absolute Gasteiger partial charge is 0.467 e. The number of anilines is 1. The average Bonchev–Trinajstić information content (AvgIpc) is 3.63.